The number of para-hydroxylation sites is 1. The van der Waals surface area contributed by atoms with Crippen LogP contribution in [0.4, 0.5) is 5.69 Å². The summed E-state index contributed by atoms with van der Waals surface area (Å²) in [6.45, 7) is 5.57. The Morgan fingerprint density at radius 2 is 1.92 bits per heavy atom. The predicted octanol–water partition coefficient (Wildman–Crippen LogP) is 5.53. The number of carboxylic acid groups (broad SMARTS) is 1. The van der Waals surface area contributed by atoms with E-state index in [1.165, 1.54) is 0 Å². The topological polar surface area (TPSA) is 110 Å². The van der Waals surface area contributed by atoms with Crippen molar-refractivity contribution in [2.24, 2.45) is 0 Å². The molecule has 0 aliphatic carbocycles. The molecule has 8 heteroatoms. The maximum absolute atomic E-state index is 13.4. The summed E-state index contributed by atoms with van der Waals surface area (Å²) in [4.78, 5) is 29.2. The Balaban J connectivity index is 1.63. The quantitative estimate of drug-likeness (QED) is 0.329. The molecule has 0 radical (unpaired) electrons. The zero-order chi connectivity index (χ0) is 25.4. The minimum Gasteiger partial charge on any atom is -0.478 e. The van der Waals surface area contributed by atoms with Gasteiger partial charge in [-0.2, -0.15) is 5.10 Å². The van der Waals surface area contributed by atoms with Crippen LogP contribution in [0.2, 0.25) is 0 Å². The molecule has 1 atom stereocenters. The highest BCUT2D eigenvalue weighted by molar-refractivity contribution is 5.94. The molecule has 36 heavy (non-hydrogen) atoms. The van der Waals surface area contributed by atoms with Gasteiger partial charge in [-0.1, -0.05) is 18.2 Å². The normalized spacial score (nSPS) is 12.0. The zero-order valence-electron chi connectivity index (χ0n) is 20.0. The van der Waals surface area contributed by atoms with E-state index in [0.29, 0.717) is 33.5 Å². The number of aromatic carboxylic acids is 1. The van der Waals surface area contributed by atoms with Gasteiger partial charge >= 0.3 is 5.97 Å². The van der Waals surface area contributed by atoms with Crippen LogP contribution in [-0.2, 0) is 0 Å². The number of aromatic nitrogens is 3. The van der Waals surface area contributed by atoms with E-state index in [1.54, 1.807) is 60.7 Å². The van der Waals surface area contributed by atoms with Gasteiger partial charge in [0, 0.05) is 29.2 Å². The molecule has 2 N–H and O–H groups in total. The van der Waals surface area contributed by atoms with E-state index in [-0.39, 0.29) is 17.0 Å². The highest BCUT2D eigenvalue weighted by atomic mass is 16.4. The Morgan fingerprint density at radius 1 is 1.11 bits per heavy atom. The molecule has 0 saturated heterocycles. The molecule has 3 heterocycles. The summed E-state index contributed by atoms with van der Waals surface area (Å²) in [7, 11) is 0. The van der Waals surface area contributed by atoms with Crippen molar-refractivity contribution >= 4 is 22.6 Å². The largest absolute Gasteiger partial charge is 0.478 e. The molecule has 5 rings (SSSR count). The van der Waals surface area contributed by atoms with Crippen molar-refractivity contribution in [3.05, 3.63) is 106 Å². The minimum absolute atomic E-state index is 0.122. The van der Waals surface area contributed by atoms with Crippen LogP contribution in [-0.4, -0.2) is 25.8 Å². The molecular formula is C28H24N4O4. The third-order valence-corrected chi connectivity index (χ3v) is 6.14. The minimum atomic E-state index is -1.02. The van der Waals surface area contributed by atoms with Gasteiger partial charge in [-0.05, 0) is 56.7 Å². The Kier molecular flexibility index (Phi) is 5.85. The van der Waals surface area contributed by atoms with Gasteiger partial charge in [0.1, 0.15) is 11.3 Å². The first-order chi connectivity index (χ1) is 17.3. The molecule has 0 saturated carbocycles. The van der Waals surface area contributed by atoms with Gasteiger partial charge in [-0.3, -0.25) is 9.78 Å². The van der Waals surface area contributed by atoms with E-state index in [0.717, 1.165) is 16.8 Å². The van der Waals surface area contributed by atoms with Crippen molar-refractivity contribution in [1.82, 2.24) is 14.8 Å². The lowest BCUT2D eigenvalue weighted by Gasteiger charge is -2.19. The number of fused-ring (bicyclic) bond motifs is 1. The van der Waals surface area contributed by atoms with Crippen LogP contribution in [0.15, 0.2) is 82.5 Å². The van der Waals surface area contributed by atoms with E-state index in [1.807, 2.05) is 38.1 Å². The van der Waals surface area contributed by atoms with Crippen molar-refractivity contribution < 1.29 is 14.3 Å². The Bertz CT molecular complexity index is 1650. The standard InChI is InChI=1S/C28H24N4O4/c1-16-11-22(18(3)31-24-9-5-4-8-21(24)28(34)35)27-23(12-16)25(33)17(2)26(36-27)19-13-30-32(15-19)20-7-6-10-29-14-20/h4-15,18,31H,1-3H3,(H,34,35). The number of benzene rings is 2. The van der Waals surface area contributed by atoms with Gasteiger partial charge in [0.2, 0.25) is 0 Å². The molecule has 2 aromatic carbocycles. The van der Waals surface area contributed by atoms with Crippen LogP contribution in [0.5, 0.6) is 0 Å². The molecule has 0 amide bonds. The number of aryl methyl sites for hydroxylation is 1. The third-order valence-electron chi connectivity index (χ3n) is 6.14. The van der Waals surface area contributed by atoms with Crippen LogP contribution in [0.3, 0.4) is 0 Å². The zero-order valence-corrected chi connectivity index (χ0v) is 20.0. The summed E-state index contributed by atoms with van der Waals surface area (Å²) >= 11 is 0. The Morgan fingerprint density at radius 3 is 2.67 bits per heavy atom. The molecule has 0 spiro atoms. The summed E-state index contributed by atoms with van der Waals surface area (Å²) in [5.74, 6) is -0.583. The summed E-state index contributed by atoms with van der Waals surface area (Å²) in [5.41, 5.74) is 4.58. The number of hydrogen-bond acceptors (Lipinski definition) is 6. The van der Waals surface area contributed by atoms with Crippen LogP contribution < -0.4 is 10.7 Å². The number of nitrogens with one attached hydrogen (secondary N) is 1. The maximum Gasteiger partial charge on any atom is 0.337 e. The van der Waals surface area contributed by atoms with Crippen molar-refractivity contribution in [3.63, 3.8) is 0 Å². The summed E-state index contributed by atoms with van der Waals surface area (Å²) in [5, 5.41) is 17.7. The highest BCUT2D eigenvalue weighted by Crippen LogP contribution is 2.32. The fraction of sp³-hybridized carbons (Fsp3) is 0.143. The van der Waals surface area contributed by atoms with Gasteiger partial charge < -0.3 is 14.8 Å². The van der Waals surface area contributed by atoms with Crippen LogP contribution in [0.1, 0.15) is 40.0 Å². The number of rotatable bonds is 6. The molecular weight excluding hydrogens is 456 g/mol. The third kappa shape index (κ3) is 4.13. The SMILES string of the molecule is Cc1cc(C(C)Nc2ccccc2C(=O)O)c2oc(-c3cnn(-c4cccnc4)c3)c(C)c(=O)c2c1. The van der Waals surface area contributed by atoms with E-state index in [9.17, 15) is 14.7 Å². The number of hydrogen-bond donors (Lipinski definition) is 2. The average Bonchev–Trinajstić information content (AvgIpc) is 3.37. The first-order valence-corrected chi connectivity index (χ1v) is 11.5. The predicted molar refractivity (Wildman–Crippen MR) is 138 cm³/mol. The second-order valence-corrected chi connectivity index (χ2v) is 8.72. The van der Waals surface area contributed by atoms with Crippen LogP contribution in [0, 0.1) is 13.8 Å². The molecule has 1 unspecified atom stereocenters. The molecule has 0 aliphatic rings. The summed E-state index contributed by atoms with van der Waals surface area (Å²) in [6.07, 6.45) is 6.84. The molecule has 3 aromatic heterocycles. The van der Waals surface area contributed by atoms with Crippen molar-refractivity contribution in [2.75, 3.05) is 5.32 Å². The van der Waals surface area contributed by atoms with Crippen molar-refractivity contribution in [3.8, 4) is 17.0 Å². The fourth-order valence-corrected chi connectivity index (χ4v) is 4.34. The maximum atomic E-state index is 13.4. The lowest BCUT2D eigenvalue weighted by Crippen LogP contribution is -2.14. The van der Waals surface area contributed by atoms with E-state index in [2.05, 4.69) is 15.4 Å². The first kappa shape index (κ1) is 23.0. The van der Waals surface area contributed by atoms with Crippen LogP contribution >= 0.6 is 0 Å². The molecule has 5 aromatic rings. The molecule has 0 fully saturated rings. The number of pyridine rings is 1. The number of carboxylic acids is 1. The van der Waals surface area contributed by atoms with Gasteiger partial charge in [-0.25, -0.2) is 9.48 Å². The lowest BCUT2D eigenvalue weighted by molar-refractivity contribution is 0.0698. The van der Waals surface area contributed by atoms with Crippen LogP contribution in [0.25, 0.3) is 28.0 Å². The van der Waals surface area contributed by atoms with Crippen molar-refractivity contribution in [2.45, 2.75) is 26.8 Å². The average molecular weight is 481 g/mol. The van der Waals surface area contributed by atoms with Crippen molar-refractivity contribution in [1.29, 1.82) is 0 Å². The number of anilines is 1. The van der Waals surface area contributed by atoms with E-state index < -0.39 is 5.97 Å². The molecule has 0 aliphatic heterocycles. The Labute approximate surface area is 206 Å². The monoisotopic (exact) mass is 480 g/mol. The Hall–Kier alpha value is -4.72. The molecule has 8 nitrogen and oxygen atoms in total. The number of carbonyl (C=O) groups is 1. The summed E-state index contributed by atoms with van der Waals surface area (Å²) in [6, 6.07) is 13.9. The second-order valence-electron chi connectivity index (χ2n) is 8.72. The number of nitrogens with zero attached hydrogens (tertiary/aromatic N) is 3. The lowest BCUT2D eigenvalue weighted by atomic mass is 9.99. The van der Waals surface area contributed by atoms with Gasteiger partial charge in [0.25, 0.3) is 0 Å². The van der Waals surface area contributed by atoms with E-state index >= 15 is 0 Å². The fourth-order valence-electron chi connectivity index (χ4n) is 4.34. The van der Waals surface area contributed by atoms with Gasteiger partial charge in [0.15, 0.2) is 5.43 Å². The first-order valence-electron chi connectivity index (χ1n) is 11.5. The summed E-state index contributed by atoms with van der Waals surface area (Å²) < 4.78 is 8.08. The van der Waals surface area contributed by atoms with Gasteiger partial charge in [-0.15, -0.1) is 0 Å². The second kappa shape index (κ2) is 9.14. The molecule has 0 bridgehead atoms. The van der Waals surface area contributed by atoms with Gasteiger partial charge in [0.05, 0.1) is 40.6 Å². The van der Waals surface area contributed by atoms with E-state index in [4.69, 9.17) is 4.42 Å². The molecule has 180 valence electrons. The smallest absolute Gasteiger partial charge is 0.337 e. The highest BCUT2D eigenvalue weighted by Gasteiger charge is 2.21.